The van der Waals surface area contributed by atoms with Gasteiger partial charge in [0, 0.05) is 12.6 Å². The predicted octanol–water partition coefficient (Wildman–Crippen LogP) is 2.17. The van der Waals surface area contributed by atoms with Crippen molar-refractivity contribution in [3.63, 3.8) is 0 Å². The van der Waals surface area contributed by atoms with E-state index >= 15 is 0 Å². The molecule has 1 unspecified atom stereocenters. The molecule has 0 aromatic carbocycles. The van der Waals surface area contributed by atoms with Gasteiger partial charge < -0.3 is 10.4 Å². The number of rotatable bonds is 8. The Balaban J connectivity index is 3.56. The minimum Gasteiger partial charge on any atom is -0.396 e. The fourth-order valence-electron chi connectivity index (χ4n) is 1.52. The molecule has 0 aliphatic carbocycles. The first-order valence-corrected chi connectivity index (χ1v) is 5.62. The Bertz CT molecular complexity index is 102. The zero-order valence-corrected chi connectivity index (χ0v) is 9.34. The third-order valence-electron chi connectivity index (χ3n) is 2.82. The van der Waals surface area contributed by atoms with Crippen molar-refractivity contribution in [1.29, 1.82) is 0 Å². The molecule has 1 atom stereocenters. The maximum atomic E-state index is 8.81. The van der Waals surface area contributed by atoms with Crippen LogP contribution in [0.2, 0.25) is 0 Å². The van der Waals surface area contributed by atoms with Gasteiger partial charge >= 0.3 is 0 Å². The molecular formula is C11H25NO. The fourth-order valence-corrected chi connectivity index (χ4v) is 1.52. The van der Waals surface area contributed by atoms with Gasteiger partial charge in [0.1, 0.15) is 0 Å². The molecule has 0 amide bonds. The Morgan fingerprint density at radius 2 is 1.69 bits per heavy atom. The summed E-state index contributed by atoms with van der Waals surface area (Å²) in [5, 5.41) is 12.3. The first kappa shape index (κ1) is 12.9. The normalized spacial score (nSPS) is 13.6. The van der Waals surface area contributed by atoms with Gasteiger partial charge in [-0.25, -0.2) is 0 Å². The van der Waals surface area contributed by atoms with Crippen LogP contribution in [0.15, 0.2) is 0 Å². The molecule has 80 valence electrons. The molecule has 0 radical (unpaired) electrons. The summed E-state index contributed by atoms with van der Waals surface area (Å²) in [6.07, 6.45) is 4.50. The van der Waals surface area contributed by atoms with E-state index in [2.05, 4.69) is 26.1 Å². The summed E-state index contributed by atoms with van der Waals surface area (Å²) >= 11 is 0. The largest absolute Gasteiger partial charge is 0.396 e. The van der Waals surface area contributed by atoms with Crippen LogP contribution >= 0.6 is 0 Å². The highest BCUT2D eigenvalue weighted by molar-refractivity contribution is 4.67. The highest BCUT2D eigenvalue weighted by Gasteiger charge is 2.07. The molecule has 13 heavy (non-hydrogen) atoms. The van der Waals surface area contributed by atoms with Crippen LogP contribution in [-0.2, 0) is 0 Å². The molecular weight excluding hydrogens is 162 g/mol. The van der Waals surface area contributed by atoms with Crippen LogP contribution in [0.5, 0.6) is 0 Å². The molecule has 0 saturated heterocycles. The molecule has 0 bridgehead atoms. The summed E-state index contributed by atoms with van der Waals surface area (Å²) in [5.41, 5.74) is 0. The van der Waals surface area contributed by atoms with Gasteiger partial charge in [0.25, 0.3) is 0 Å². The van der Waals surface area contributed by atoms with Gasteiger partial charge in [-0.15, -0.1) is 0 Å². The summed E-state index contributed by atoms with van der Waals surface area (Å²) < 4.78 is 0. The van der Waals surface area contributed by atoms with Gasteiger partial charge in [0.15, 0.2) is 0 Å². The summed E-state index contributed by atoms with van der Waals surface area (Å²) in [4.78, 5) is 0. The van der Waals surface area contributed by atoms with Crippen molar-refractivity contribution >= 4 is 0 Å². The van der Waals surface area contributed by atoms with E-state index < -0.39 is 0 Å². The second-order valence-corrected chi connectivity index (χ2v) is 3.71. The molecule has 0 fully saturated rings. The van der Waals surface area contributed by atoms with Crippen molar-refractivity contribution < 1.29 is 5.11 Å². The van der Waals surface area contributed by atoms with E-state index in [0.717, 1.165) is 25.3 Å². The smallest absolute Gasteiger partial charge is 0.0445 e. The Hall–Kier alpha value is -0.0800. The topological polar surface area (TPSA) is 32.3 Å². The van der Waals surface area contributed by atoms with Crippen LogP contribution in [-0.4, -0.2) is 24.3 Å². The van der Waals surface area contributed by atoms with Crippen LogP contribution < -0.4 is 5.32 Å². The van der Waals surface area contributed by atoms with Crippen LogP contribution in [0, 0.1) is 5.92 Å². The van der Waals surface area contributed by atoms with E-state index in [9.17, 15) is 0 Å². The van der Waals surface area contributed by atoms with E-state index in [4.69, 9.17) is 5.11 Å². The van der Waals surface area contributed by atoms with E-state index in [1.165, 1.54) is 12.8 Å². The number of hydrogen-bond acceptors (Lipinski definition) is 2. The van der Waals surface area contributed by atoms with Gasteiger partial charge in [-0.3, -0.25) is 0 Å². The third kappa shape index (κ3) is 6.05. The lowest BCUT2D eigenvalue weighted by atomic mass is 10.0. The number of aliphatic hydroxyl groups is 1. The van der Waals surface area contributed by atoms with Crippen molar-refractivity contribution in [3.05, 3.63) is 0 Å². The first-order chi connectivity index (χ1) is 6.28. The van der Waals surface area contributed by atoms with Crippen LogP contribution in [0.25, 0.3) is 0 Å². The molecule has 0 aromatic rings. The van der Waals surface area contributed by atoms with E-state index in [1.54, 1.807) is 0 Å². The van der Waals surface area contributed by atoms with Crippen LogP contribution in [0.4, 0.5) is 0 Å². The zero-order valence-electron chi connectivity index (χ0n) is 9.34. The molecule has 2 N–H and O–H groups in total. The van der Waals surface area contributed by atoms with E-state index in [-0.39, 0.29) is 0 Å². The quantitative estimate of drug-likeness (QED) is 0.610. The molecule has 0 aliphatic heterocycles. The number of nitrogens with one attached hydrogen (secondary N) is 1. The lowest BCUT2D eigenvalue weighted by Gasteiger charge is -2.19. The van der Waals surface area contributed by atoms with Gasteiger partial charge in [-0.2, -0.15) is 0 Å². The number of hydrogen-bond donors (Lipinski definition) is 2. The van der Waals surface area contributed by atoms with Gasteiger partial charge in [0.2, 0.25) is 0 Å². The van der Waals surface area contributed by atoms with E-state index in [0.29, 0.717) is 12.6 Å². The minimum absolute atomic E-state index is 0.300. The zero-order chi connectivity index (χ0) is 10.1. The number of aliphatic hydroxyl groups excluding tert-OH is 1. The lowest BCUT2D eigenvalue weighted by molar-refractivity contribution is 0.257. The average Bonchev–Trinajstić information content (AvgIpc) is 2.17. The van der Waals surface area contributed by atoms with Gasteiger partial charge in [0.05, 0.1) is 0 Å². The standard InChI is InChI=1S/C11H25NO/c1-4-10(5-2)9-12-11(6-3)7-8-13/h10-13H,4-9H2,1-3H3. The molecule has 0 saturated carbocycles. The van der Waals surface area contributed by atoms with Crippen molar-refractivity contribution in [1.82, 2.24) is 5.32 Å². The van der Waals surface area contributed by atoms with E-state index in [1.807, 2.05) is 0 Å². The lowest BCUT2D eigenvalue weighted by Crippen LogP contribution is -2.33. The molecule has 0 spiro atoms. The Labute approximate surface area is 82.7 Å². The molecule has 2 nitrogen and oxygen atoms in total. The van der Waals surface area contributed by atoms with Crippen molar-refractivity contribution in [2.75, 3.05) is 13.2 Å². The summed E-state index contributed by atoms with van der Waals surface area (Å²) in [6, 6.07) is 0.505. The maximum Gasteiger partial charge on any atom is 0.0445 e. The van der Waals surface area contributed by atoms with Crippen LogP contribution in [0.1, 0.15) is 46.5 Å². The van der Waals surface area contributed by atoms with Crippen molar-refractivity contribution in [3.8, 4) is 0 Å². The Morgan fingerprint density at radius 1 is 1.08 bits per heavy atom. The predicted molar refractivity (Wildman–Crippen MR) is 57.9 cm³/mol. The molecule has 2 heteroatoms. The molecule has 0 rings (SSSR count). The second-order valence-electron chi connectivity index (χ2n) is 3.71. The Kier molecular flexibility index (Phi) is 8.46. The molecule has 0 aromatic heterocycles. The fraction of sp³-hybridized carbons (Fsp3) is 1.00. The van der Waals surface area contributed by atoms with Gasteiger partial charge in [-0.05, 0) is 25.3 Å². The van der Waals surface area contributed by atoms with Crippen molar-refractivity contribution in [2.45, 2.75) is 52.5 Å². The first-order valence-electron chi connectivity index (χ1n) is 5.62. The summed E-state index contributed by atoms with van der Waals surface area (Å²) in [6.45, 7) is 8.05. The molecule has 0 aliphatic rings. The highest BCUT2D eigenvalue weighted by atomic mass is 16.3. The summed E-state index contributed by atoms with van der Waals surface area (Å²) in [7, 11) is 0. The summed E-state index contributed by atoms with van der Waals surface area (Å²) in [5.74, 6) is 0.799. The second kappa shape index (κ2) is 8.52. The SMILES string of the molecule is CCC(CC)CNC(CC)CCO. The average molecular weight is 187 g/mol. The molecule has 0 heterocycles. The third-order valence-corrected chi connectivity index (χ3v) is 2.82. The monoisotopic (exact) mass is 187 g/mol. The minimum atomic E-state index is 0.300. The Morgan fingerprint density at radius 3 is 2.08 bits per heavy atom. The van der Waals surface area contributed by atoms with Crippen LogP contribution in [0.3, 0.4) is 0 Å². The maximum absolute atomic E-state index is 8.81. The van der Waals surface area contributed by atoms with Crippen molar-refractivity contribution in [2.24, 2.45) is 5.92 Å². The highest BCUT2D eigenvalue weighted by Crippen LogP contribution is 2.07. The van der Waals surface area contributed by atoms with Gasteiger partial charge in [-0.1, -0.05) is 33.6 Å².